The third-order valence-electron chi connectivity index (χ3n) is 5.79. The molecule has 3 aromatic heterocycles. The van der Waals surface area contributed by atoms with Crippen molar-refractivity contribution in [2.45, 2.75) is 19.9 Å². The highest BCUT2D eigenvalue weighted by Crippen LogP contribution is 2.25. The molecule has 1 aliphatic rings. The van der Waals surface area contributed by atoms with Crippen molar-refractivity contribution < 1.29 is 4.79 Å². The fourth-order valence-corrected chi connectivity index (χ4v) is 4.44. The molecule has 1 fully saturated rings. The fourth-order valence-electron chi connectivity index (χ4n) is 3.89. The van der Waals surface area contributed by atoms with Gasteiger partial charge >= 0.3 is 0 Å². The Morgan fingerprint density at radius 3 is 2.70 bits per heavy atom. The normalized spacial score (nSPS) is 14.7. The Hall–Kier alpha value is -3.50. The lowest BCUT2D eigenvalue weighted by molar-refractivity contribution is 0.102. The van der Waals surface area contributed by atoms with Crippen LogP contribution in [0.5, 0.6) is 0 Å². The van der Waals surface area contributed by atoms with Crippen LogP contribution >= 0.6 is 11.3 Å². The maximum absolute atomic E-state index is 12.9. The molecule has 168 valence electrons. The minimum atomic E-state index is -0.265. The number of hydrogen-bond acceptors (Lipinski definition) is 9. The molecule has 10 heteroatoms. The Bertz CT molecular complexity index is 1270. The molecule has 0 atom stereocenters. The molecule has 4 heterocycles. The summed E-state index contributed by atoms with van der Waals surface area (Å²) in [5, 5.41) is 12.5. The van der Waals surface area contributed by atoms with E-state index in [1.165, 1.54) is 11.3 Å². The number of benzene rings is 1. The van der Waals surface area contributed by atoms with E-state index in [1.54, 1.807) is 24.0 Å². The first kappa shape index (κ1) is 21.4. The lowest BCUT2D eigenvalue weighted by Gasteiger charge is -2.37. The molecule has 0 unspecified atom stereocenters. The second-order valence-corrected chi connectivity index (χ2v) is 9.02. The number of carbonyl (C=O) groups excluding carboxylic acids is 1. The molecule has 0 bridgehead atoms. The molecule has 0 radical (unpaired) electrons. The Morgan fingerprint density at radius 2 is 1.94 bits per heavy atom. The Labute approximate surface area is 195 Å². The molecule has 9 nitrogen and oxygen atoms in total. The zero-order valence-corrected chi connectivity index (χ0v) is 19.3. The molecule has 1 saturated heterocycles. The molecule has 4 aromatic rings. The van der Waals surface area contributed by atoms with Crippen molar-refractivity contribution in [2.75, 3.05) is 36.4 Å². The van der Waals surface area contributed by atoms with Crippen LogP contribution in [0.3, 0.4) is 0 Å². The van der Waals surface area contributed by atoms with E-state index in [2.05, 4.69) is 54.1 Å². The molecule has 1 aliphatic heterocycles. The second kappa shape index (κ2) is 9.16. The van der Waals surface area contributed by atoms with E-state index in [0.29, 0.717) is 11.6 Å². The lowest BCUT2D eigenvalue weighted by Crippen LogP contribution is -2.49. The quantitative estimate of drug-likeness (QED) is 0.484. The van der Waals surface area contributed by atoms with Gasteiger partial charge < -0.3 is 4.90 Å². The molecule has 1 amide bonds. The van der Waals surface area contributed by atoms with Crippen molar-refractivity contribution in [3.05, 3.63) is 53.8 Å². The van der Waals surface area contributed by atoms with Gasteiger partial charge in [-0.05, 0) is 32.0 Å². The van der Waals surface area contributed by atoms with Crippen LogP contribution in [-0.2, 0) is 0 Å². The first-order valence-corrected chi connectivity index (χ1v) is 11.7. The standard InChI is InChI=1S/C23H24N8OS/c1-15(2)30-7-9-31(10-8-30)20-12-16(5-6-24-20)21(32)28-23-25-13-18-4-3-17(11-19(18)27-23)22-29-26-14-33-22/h3-6,11-15H,7-10H2,1-2H3,(H,25,27,28,32). The number of pyridine rings is 1. The number of hydrogen-bond donors (Lipinski definition) is 1. The zero-order chi connectivity index (χ0) is 22.8. The number of aromatic nitrogens is 5. The van der Waals surface area contributed by atoms with Crippen molar-refractivity contribution in [2.24, 2.45) is 0 Å². The predicted molar refractivity (Wildman–Crippen MR) is 130 cm³/mol. The topological polar surface area (TPSA) is 100 Å². The summed E-state index contributed by atoms with van der Waals surface area (Å²) < 4.78 is 0. The average molecular weight is 461 g/mol. The van der Waals surface area contributed by atoms with E-state index in [4.69, 9.17) is 0 Å². The summed E-state index contributed by atoms with van der Waals surface area (Å²) in [4.78, 5) is 30.9. The summed E-state index contributed by atoms with van der Waals surface area (Å²) in [6.07, 6.45) is 3.38. The number of nitrogens with one attached hydrogen (secondary N) is 1. The SMILES string of the molecule is CC(C)N1CCN(c2cc(C(=O)Nc3ncc4ccc(-c5nncs5)cc4n3)ccn2)CC1. The van der Waals surface area contributed by atoms with E-state index in [9.17, 15) is 4.79 Å². The van der Waals surface area contributed by atoms with Gasteiger partial charge in [0.15, 0.2) is 0 Å². The van der Waals surface area contributed by atoms with Gasteiger partial charge in [-0.1, -0.05) is 23.5 Å². The van der Waals surface area contributed by atoms with Crippen LogP contribution in [0.4, 0.5) is 11.8 Å². The number of fused-ring (bicyclic) bond motifs is 1. The number of anilines is 2. The minimum absolute atomic E-state index is 0.255. The molecule has 1 N–H and O–H groups in total. The summed E-state index contributed by atoms with van der Waals surface area (Å²) in [5.74, 6) is 0.803. The van der Waals surface area contributed by atoms with E-state index in [1.807, 2.05) is 24.3 Å². The van der Waals surface area contributed by atoms with Crippen molar-refractivity contribution in [3.8, 4) is 10.6 Å². The monoisotopic (exact) mass is 460 g/mol. The van der Waals surface area contributed by atoms with Gasteiger partial charge in [-0.3, -0.25) is 15.0 Å². The van der Waals surface area contributed by atoms with E-state index in [0.717, 1.165) is 53.5 Å². The molecular formula is C23H24N8OS. The minimum Gasteiger partial charge on any atom is -0.354 e. The van der Waals surface area contributed by atoms with Gasteiger partial charge in [0.1, 0.15) is 16.3 Å². The van der Waals surface area contributed by atoms with Gasteiger partial charge in [-0.2, -0.15) is 0 Å². The number of nitrogens with zero attached hydrogens (tertiary/aromatic N) is 7. The number of amides is 1. The average Bonchev–Trinajstić information content (AvgIpc) is 3.39. The highest BCUT2D eigenvalue weighted by Gasteiger charge is 2.20. The summed E-state index contributed by atoms with van der Waals surface area (Å²) in [7, 11) is 0. The van der Waals surface area contributed by atoms with Crippen molar-refractivity contribution >= 4 is 39.9 Å². The summed E-state index contributed by atoms with van der Waals surface area (Å²) in [6, 6.07) is 9.89. The lowest BCUT2D eigenvalue weighted by atomic mass is 10.1. The summed E-state index contributed by atoms with van der Waals surface area (Å²) in [6.45, 7) is 8.18. The highest BCUT2D eigenvalue weighted by molar-refractivity contribution is 7.12. The highest BCUT2D eigenvalue weighted by atomic mass is 32.1. The van der Waals surface area contributed by atoms with Crippen molar-refractivity contribution in [3.63, 3.8) is 0 Å². The largest absolute Gasteiger partial charge is 0.354 e. The third kappa shape index (κ3) is 4.67. The Kier molecular flexibility index (Phi) is 5.93. The van der Waals surface area contributed by atoms with E-state index in [-0.39, 0.29) is 11.9 Å². The molecular weight excluding hydrogens is 436 g/mol. The number of piperazine rings is 1. The number of carbonyl (C=O) groups is 1. The first-order chi connectivity index (χ1) is 16.1. The van der Waals surface area contributed by atoms with Crippen LogP contribution in [0.15, 0.2) is 48.2 Å². The van der Waals surface area contributed by atoms with Crippen LogP contribution < -0.4 is 10.2 Å². The van der Waals surface area contributed by atoms with Gasteiger partial charge in [-0.15, -0.1) is 10.2 Å². The second-order valence-electron chi connectivity index (χ2n) is 8.18. The Balaban J connectivity index is 1.32. The van der Waals surface area contributed by atoms with Crippen LogP contribution in [0.25, 0.3) is 21.5 Å². The maximum atomic E-state index is 12.9. The van der Waals surface area contributed by atoms with Crippen LogP contribution in [0, 0.1) is 0 Å². The molecule has 0 spiro atoms. The fraction of sp³-hybridized carbons (Fsp3) is 0.304. The van der Waals surface area contributed by atoms with Crippen molar-refractivity contribution in [1.82, 2.24) is 30.0 Å². The summed E-state index contributed by atoms with van der Waals surface area (Å²) >= 11 is 1.46. The molecule has 33 heavy (non-hydrogen) atoms. The first-order valence-electron chi connectivity index (χ1n) is 10.9. The van der Waals surface area contributed by atoms with Gasteiger partial charge in [0, 0.05) is 61.1 Å². The molecule has 0 saturated carbocycles. The van der Waals surface area contributed by atoms with Gasteiger partial charge in [-0.25, -0.2) is 15.0 Å². The molecule has 0 aliphatic carbocycles. The van der Waals surface area contributed by atoms with Crippen LogP contribution in [0.1, 0.15) is 24.2 Å². The van der Waals surface area contributed by atoms with E-state index >= 15 is 0 Å². The maximum Gasteiger partial charge on any atom is 0.258 e. The van der Waals surface area contributed by atoms with Gasteiger partial charge in [0.2, 0.25) is 5.95 Å². The zero-order valence-electron chi connectivity index (χ0n) is 18.5. The molecule has 5 rings (SSSR count). The summed E-state index contributed by atoms with van der Waals surface area (Å²) in [5.41, 5.74) is 3.87. The van der Waals surface area contributed by atoms with Gasteiger partial charge in [0.25, 0.3) is 5.91 Å². The third-order valence-corrected chi connectivity index (χ3v) is 6.53. The Morgan fingerprint density at radius 1 is 1.09 bits per heavy atom. The van der Waals surface area contributed by atoms with Crippen LogP contribution in [-0.4, -0.2) is 68.2 Å². The van der Waals surface area contributed by atoms with E-state index < -0.39 is 0 Å². The number of rotatable bonds is 5. The molecule has 1 aromatic carbocycles. The van der Waals surface area contributed by atoms with Gasteiger partial charge in [0.05, 0.1) is 5.52 Å². The smallest absolute Gasteiger partial charge is 0.258 e. The predicted octanol–water partition coefficient (Wildman–Crippen LogP) is 3.33. The van der Waals surface area contributed by atoms with Crippen LogP contribution in [0.2, 0.25) is 0 Å². The van der Waals surface area contributed by atoms with Crippen molar-refractivity contribution in [1.29, 1.82) is 0 Å².